The van der Waals surface area contributed by atoms with Crippen molar-refractivity contribution in [3.63, 3.8) is 0 Å². The second-order valence-electron chi connectivity index (χ2n) is 12.2. The zero-order valence-corrected chi connectivity index (χ0v) is 27.2. The first-order valence-corrected chi connectivity index (χ1v) is 16.5. The smallest absolute Gasteiger partial charge is 0.328 e. The maximum Gasteiger partial charge on any atom is 0.328 e. The summed E-state index contributed by atoms with van der Waals surface area (Å²) in [4.78, 5) is 65.3. The molecule has 3 unspecified atom stereocenters. The van der Waals surface area contributed by atoms with Crippen molar-refractivity contribution < 1.29 is 29.1 Å². The number of hydrogen-bond acceptors (Lipinski definition) is 6. The lowest BCUT2D eigenvalue weighted by molar-refractivity contribution is -0.131. The van der Waals surface area contributed by atoms with Gasteiger partial charge >= 0.3 is 5.97 Å². The number of aliphatic carboxylic acids is 1. The molecule has 3 aromatic rings. The molecular weight excluding hydrogens is 604 g/mol. The summed E-state index contributed by atoms with van der Waals surface area (Å²) in [6.45, 7) is 6.27. The van der Waals surface area contributed by atoms with E-state index in [0.717, 1.165) is 34.4 Å². The summed E-state index contributed by atoms with van der Waals surface area (Å²) in [6, 6.07) is 12.8. The van der Waals surface area contributed by atoms with Crippen molar-refractivity contribution in [1.82, 2.24) is 21.3 Å². The summed E-state index contributed by atoms with van der Waals surface area (Å²) >= 11 is 1.29. The fourth-order valence-electron chi connectivity index (χ4n) is 5.74. The quantitative estimate of drug-likeness (QED) is 0.166. The fourth-order valence-corrected chi connectivity index (χ4v) is 6.57. The van der Waals surface area contributed by atoms with E-state index < -0.39 is 35.9 Å². The van der Waals surface area contributed by atoms with Crippen LogP contribution in [0, 0.1) is 18.8 Å². The van der Waals surface area contributed by atoms with Crippen LogP contribution in [0.5, 0.6) is 0 Å². The lowest BCUT2D eigenvalue weighted by Gasteiger charge is -2.28. The number of amides is 4. The van der Waals surface area contributed by atoms with Crippen LogP contribution in [0.25, 0.3) is 10.8 Å². The predicted octanol–water partition coefficient (Wildman–Crippen LogP) is 4.12. The SMILES string of the molecule is Cc1ccsc1C(=O)NC(Cc1cccc2ccccc12)C(=O)NC(CC(C)C)C(=O)NC(/C=C/C(=O)O)C[C@@H]1CCCNC1=O. The summed E-state index contributed by atoms with van der Waals surface area (Å²) in [5.41, 5.74) is 1.67. The molecule has 4 atom stereocenters. The molecule has 5 N–H and O–H groups in total. The van der Waals surface area contributed by atoms with Crippen molar-refractivity contribution in [3.8, 4) is 0 Å². The lowest BCUT2D eigenvalue weighted by atomic mass is 9.91. The van der Waals surface area contributed by atoms with Crippen molar-refractivity contribution in [2.45, 2.75) is 71.0 Å². The van der Waals surface area contributed by atoms with E-state index in [-0.39, 0.29) is 36.5 Å². The Morgan fingerprint density at radius 1 is 1.00 bits per heavy atom. The Bertz CT molecular complexity index is 1590. The van der Waals surface area contributed by atoms with Gasteiger partial charge in [0.2, 0.25) is 17.7 Å². The molecule has 0 saturated carbocycles. The summed E-state index contributed by atoms with van der Waals surface area (Å²) in [6.07, 6.45) is 4.46. The number of benzene rings is 2. The lowest BCUT2D eigenvalue weighted by Crippen LogP contribution is -2.56. The molecule has 1 aliphatic rings. The average molecular weight is 647 g/mol. The largest absolute Gasteiger partial charge is 0.478 e. The molecule has 1 aromatic heterocycles. The molecule has 0 spiro atoms. The first kappa shape index (κ1) is 34.4. The Hall–Kier alpha value is -4.51. The van der Waals surface area contributed by atoms with E-state index in [1.165, 1.54) is 17.4 Å². The number of carbonyl (C=O) groups is 5. The highest BCUT2D eigenvalue weighted by atomic mass is 32.1. The number of rotatable bonds is 14. The fraction of sp³-hybridized carbons (Fsp3) is 0.400. The van der Waals surface area contributed by atoms with E-state index in [2.05, 4.69) is 21.3 Å². The number of piperidine rings is 1. The third-order valence-corrected chi connectivity index (χ3v) is 9.09. The molecule has 4 amide bonds. The first-order valence-electron chi connectivity index (χ1n) is 15.6. The average Bonchev–Trinajstić information content (AvgIpc) is 3.46. The van der Waals surface area contributed by atoms with E-state index in [0.29, 0.717) is 24.3 Å². The number of carboxylic acid groups (broad SMARTS) is 1. The van der Waals surface area contributed by atoms with Crippen LogP contribution in [-0.2, 0) is 25.6 Å². The zero-order valence-electron chi connectivity index (χ0n) is 26.4. The van der Waals surface area contributed by atoms with Gasteiger partial charge in [-0.3, -0.25) is 19.2 Å². The minimum absolute atomic E-state index is 0.0214. The Morgan fingerprint density at radius 3 is 2.43 bits per heavy atom. The second-order valence-corrected chi connectivity index (χ2v) is 13.1. The number of hydrogen-bond donors (Lipinski definition) is 5. The van der Waals surface area contributed by atoms with Gasteiger partial charge in [0.15, 0.2) is 0 Å². The Balaban J connectivity index is 1.57. The number of thiophene rings is 1. The van der Waals surface area contributed by atoms with Crippen LogP contribution < -0.4 is 21.3 Å². The van der Waals surface area contributed by atoms with Gasteiger partial charge in [-0.15, -0.1) is 11.3 Å². The molecule has 46 heavy (non-hydrogen) atoms. The summed E-state index contributed by atoms with van der Waals surface area (Å²) in [5, 5.41) is 24.5. The molecule has 10 nitrogen and oxygen atoms in total. The number of carboxylic acids is 1. The highest BCUT2D eigenvalue weighted by Crippen LogP contribution is 2.22. The minimum atomic E-state index is -1.17. The molecule has 1 fully saturated rings. The third kappa shape index (κ3) is 9.50. The van der Waals surface area contributed by atoms with Crippen molar-refractivity contribution in [2.24, 2.45) is 11.8 Å². The molecule has 244 valence electrons. The Kier molecular flexibility index (Phi) is 12.1. The van der Waals surface area contributed by atoms with Gasteiger partial charge in [-0.2, -0.15) is 0 Å². The highest BCUT2D eigenvalue weighted by Gasteiger charge is 2.31. The van der Waals surface area contributed by atoms with Gasteiger partial charge in [0.1, 0.15) is 12.1 Å². The van der Waals surface area contributed by atoms with Crippen LogP contribution in [0.4, 0.5) is 0 Å². The van der Waals surface area contributed by atoms with Crippen LogP contribution in [0.2, 0.25) is 0 Å². The van der Waals surface area contributed by atoms with Gasteiger partial charge in [-0.25, -0.2) is 4.79 Å². The molecule has 1 saturated heterocycles. The van der Waals surface area contributed by atoms with Crippen molar-refractivity contribution in [3.05, 3.63) is 82.1 Å². The Morgan fingerprint density at radius 2 is 1.74 bits per heavy atom. The topological polar surface area (TPSA) is 154 Å². The molecule has 2 aromatic carbocycles. The number of nitrogens with one attached hydrogen (secondary N) is 4. The van der Waals surface area contributed by atoms with Crippen molar-refractivity contribution in [2.75, 3.05) is 6.54 Å². The maximum absolute atomic E-state index is 14.0. The standard InChI is InChI=1S/C35H42N4O6S/c1-21(2)18-28(33(43)37-26(13-14-30(40)41)19-25-11-7-16-36-32(25)42)38-34(44)29(39-35(45)31-22(3)15-17-46-31)20-24-10-6-9-23-8-4-5-12-27(23)24/h4-6,8-10,12-15,17,21,25-26,28-29H,7,11,16,18-20H2,1-3H3,(H,36,42)(H,37,43)(H,38,44)(H,39,45)(H,40,41)/b14-13+/t25-,26?,28?,29?/m0/s1. The molecule has 0 aliphatic carbocycles. The molecule has 1 aliphatic heterocycles. The molecule has 4 rings (SSSR count). The van der Waals surface area contributed by atoms with Gasteiger partial charge in [-0.05, 0) is 71.9 Å². The van der Waals surface area contributed by atoms with Crippen LogP contribution >= 0.6 is 11.3 Å². The molecule has 0 radical (unpaired) electrons. The van der Waals surface area contributed by atoms with Crippen molar-refractivity contribution in [1.29, 1.82) is 0 Å². The normalized spacial score (nSPS) is 16.9. The minimum Gasteiger partial charge on any atom is -0.478 e. The van der Waals surface area contributed by atoms with E-state index in [4.69, 9.17) is 0 Å². The van der Waals surface area contributed by atoms with Crippen molar-refractivity contribution >= 4 is 51.7 Å². The summed E-state index contributed by atoms with van der Waals surface area (Å²) in [7, 11) is 0. The molecular formula is C35H42N4O6S. The predicted molar refractivity (Wildman–Crippen MR) is 178 cm³/mol. The Labute approximate surface area is 273 Å². The molecule has 11 heteroatoms. The summed E-state index contributed by atoms with van der Waals surface area (Å²) < 4.78 is 0. The van der Waals surface area contributed by atoms with Gasteiger partial charge in [-0.1, -0.05) is 62.4 Å². The van der Waals surface area contributed by atoms with E-state index in [1.54, 1.807) is 0 Å². The number of carbonyl (C=O) groups excluding carboxylic acids is 4. The van der Waals surface area contributed by atoms with Gasteiger partial charge in [0, 0.05) is 31.0 Å². The number of aryl methyl sites for hydroxylation is 1. The third-order valence-electron chi connectivity index (χ3n) is 8.07. The molecule has 2 heterocycles. The highest BCUT2D eigenvalue weighted by molar-refractivity contribution is 7.12. The van der Waals surface area contributed by atoms with E-state index >= 15 is 0 Å². The van der Waals surface area contributed by atoms with Gasteiger partial charge in [0.25, 0.3) is 5.91 Å². The monoisotopic (exact) mass is 646 g/mol. The first-order chi connectivity index (χ1) is 22.0. The van der Waals surface area contributed by atoms with Crippen LogP contribution in [0.1, 0.15) is 60.3 Å². The van der Waals surface area contributed by atoms with Gasteiger partial charge in [0.05, 0.1) is 4.88 Å². The number of fused-ring (bicyclic) bond motifs is 1. The van der Waals surface area contributed by atoms with E-state index in [1.807, 2.05) is 74.7 Å². The van der Waals surface area contributed by atoms with Crippen LogP contribution in [0.3, 0.4) is 0 Å². The second kappa shape index (κ2) is 16.2. The summed E-state index contributed by atoms with van der Waals surface area (Å²) in [5.74, 6) is -3.04. The molecule has 0 bridgehead atoms. The van der Waals surface area contributed by atoms with Crippen LogP contribution in [0.15, 0.2) is 66.1 Å². The van der Waals surface area contributed by atoms with E-state index in [9.17, 15) is 29.1 Å². The van der Waals surface area contributed by atoms with Crippen LogP contribution in [-0.4, -0.2) is 59.4 Å². The van der Waals surface area contributed by atoms with Gasteiger partial charge < -0.3 is 26.4 Å². The zero-order chi connectivity index (χ0) is 33.2. The maximum atomic E-state index is 14.0.